The van der Waals surface area contributed by atoms with Gasteiger partial charge in [0.05, 0.1) is 12.9 Å². The van der Waals surface area contributed by atoms with E-state index in [-0.39, 0.29) is 56.7 Å². The van der Waals surface area contributed by atoms with Gasteiger partial charge in [-0.15, -0.1) is 0 Å². The SMILES string of the molecule is [2H]c1c([2H])c([2H])c(C[C@@H](N)C(=O)N[C@H](Cc2ccccc2)C(=O)N[C@H](CC(C)C)C(=O)N[C@H](CCCCN)C(=O)N2CCC(N)(C(=O)O)CC2)c([2H])c1[2H]. The van der Waals surface area contributed by atoms with Crippen LogP contribution in [-0.2, 0) is 36.8 Å². The molecule has 1 aliphatic heterocycles. The van der Waals surface area contributed by atoms with Crippen molar-refractivity contribution in [1.82, 2.24) is 20.9 Å². The number of nitrogens with zero attached hydrogens (tertiary/aromatic N) is 1. The Balaban J connectivity index is 1.82. The predicted molar refractivity (Wildman–Crippen MR) is 187 cm³/mol. The molecular weight excluding hydrogens is 626 g/mol. The minimum atomic E-state index is -1.45. The fourth-order valence-corrected chi connectivity index (χ4v) is 5.59. The van der Waals surface area contributed by atoms with E-state index in [9.17, 15) is 29.1 Å². The largest absolute Gasteiger partial charge is 0.480 e. The van der Waals surface area contributed by atoms with Crippen molar-refractivity contribution in [2.75, 3.05) is 19.6 Å². The Bertz CT molecular complexity index is 1630. The molecule has 0 aliphatic carbocycles. The van der Waals surface area contributed by atoms with Gasteiger partial charge in [0, 0.05) is 19.5 Å². The van der Waals surface area contributed by atoms with Crippen molar-refractivity contribution in [3.8, 4) is 0 Å². The van der Waals surface area contributed by atoms with Crippen molar-refractivity contribution in [1.29, 1.82) is 0 Å². The molecule has 0 aromatic heterocycles. The number of rotatable bonds is 18. The molecule has 0 saturated carbocycles. The van der Waals surface area contributed by atoms with Crippen LogP contribution < -0.4 is 33.2 Å². The normalized spacial score (nSPS) is 18.0. The van der Waals surface area contributed by atoms with Gasteiger partial charge in [0.25, 0.3) is 0 Å². The first-order valence-electron chi connectivity index (χ1n) is 19.2. The van der Waals surface area contributed by atoms with E-state index >= 15 is 0 Å². The molecule has 268 valence electrons. The van der Waals surface area contributed by atoms with Gasteiger partial charge in [0.15, 0.2) is 0 Å². The lowest BCUT2D eigenvalue weighted by atomic mass is 9.88. The minimum Gasteiger partial charge on any atom is -0.480 e. The summed E-state index contributed by atoms with van der Waals surface area (Å²) in [5.41, 5.74) is 17.0. The summed E-state index contributed by atoms with van der Waals surface area (Å²) >= 11 is 0. The van der Waals surface area contributed by atoms with E-state index in [1.54, 1.807) is 30.3 Å². The standard InChI is InChI=1S/C36H53N7O6/c1-24(2)21-29(32(45)40-28(15-9-10-18-37)34(47)43-19-16-36(39,17-20-43)35(48)49)42-33(46)30(23-26-13-7-4-8-14-26)41-31(44)27(38)22-25-11-5-3-6-12-25/h3-8,11-14,24,27-30H,9-10,15-23,37-39H2,1-2H3,(H,40,45)(H,41,44)(H,42,46)(H,48,49)/t27-,28-,29-,30-/m1/s1/i3D,5D,6D,11D,12D. The number of carboxylic acids is 1. The second-order valence-electron chi connectivity index (χ2n) is 13.0. The average molecular weight is 685 g/mol. The van der Waals surface area contributed by atoms with E-state index in [1.807, 2.05) is 13.8 Å². The van der Waals surface area contributed by atoms with Crippen molar-refractivity contribution in [3.05, 3.63) is 71.7 Å². The zero-order valence-electron chi connectivity index (χ0n) is 33.2. The van der Waals surface area contributed by atoms with E-state index in [4.69, 9.17) is 24.1 Å². The molecule has 4 atom stereocenters. The molecule has 2 aromatic carbocycles. The van der Waals surface area contributed by atoms with E-state index in [1.165, 1.54) is 4.90 Å². The maximum Gasteiger partial charge on any atom is 0.323 e. The van der Waals surface area contributed by atoms with Gasteiger partial charge in [-0.25, -0.2) is 0 Å². The average Bonchev–Trinajstić information content (AvgIpc) is 3.14. The van der Waals surface area contributed by atoms with Crippen molar-refractivity contribution >= 4 is 29.6 Å². The van der Waals surface area contributed by atoms with E-state index in [2.05, 4.69) is 16.0 Å². The number of aliphatic carboxylic acids is 1. The smallest absolute Gasteiger partial charge is 0.323 e. The molecule has 1 heterocycles. The van der Waals surface area contributed by atoms with Gasteiger partial charge in [-0.05, 0) is 68.5 Å². The number of nitrogens with two attached hydrogens (primary N) is 3. The topological polar surface area (TPSA) is 223 Å². The molecule has 0 unspecified atom stereocenters. The molecule has 1 aliphatic rings. The molecule has 13 nitrogen and oxygen atoms in total. The molecule has 49 heavy (non-hydrogen) atoms. The molecule has 13 heteroatoms. The van der Waals surface area contributed by atoms with Crippen LogP contribution in [0.2, 0.25) is 0 Å². The van der Waals surface area contributed by atoms with Crippen molar-refractivity contribution in [2.24, 2.45) is 23.1 Å². The molecule has 4 amide bonds. The molecule has 1 saturated heterocycles. The van der Waals surface area contributed by atoms with Crippen LogP contribution in [0.4, 0.5) is 0 Å². The first kappa shape index (κ1) is 31.9. The van der Waals surface area contributed by atoms with Gasteiger partial charge < -0.3 is 43.2 Å². The number of carbonyl (C=O) groups is 5. The van der Waals surface area contributed by atoms with Gasteiger partial charge in [-0.2, -0.15) is 0 Å². The minimum absolute atomic E-state index is 0.00392. The van der Waals surface area contributed by atoms with E-state index < -0.39 is 95.9 Å². The number of carboxylic acid groups (broad SMARTS) is 1. The number of unbranched alkanes of at least 4 members (excludes halogenated alkanes) is 1. The first-order chi connectivity index (χ1) is 25.4. The zero-order valence-corrected chi connectivity index (χ0v) is 28.2. The Kier molecular flexibility index (Phi) is 12.4. The fourth-order valence-electron chi connectivity index (χ4n) is 5.59. The summed E-state index contributed by atoms with van der Waals surface area (Å²) in [5, 5.41) is 17.7. The molecule has 0 bridgehead atoms. The lowest BCUT2D eigenvalue weighted by Crippen LogP contribution is -2.60. The molecule has 1 fully saturated rings. The van der Waals surface area contributed by atoms with Crippen LogP contribution in [0, 0.1) is 5.92 Å². The van der Waals surface area contributed by atoms with Crippen LogP contribution >= 0.6 is 0 Å². The highest BCUT2D eigenvalue weighted by atomic mass is 16.4. The summed E-state index contributed by atoms with van der Waals surface area (Å²) in [6.45, 7) is 4.27. The van der Waals surface area contributed by atoms with Crippen molar-refractivity contribution in [3.63, 3.8) is 0 Å². The quantitative estimate of drug-likeness (QED) is 0.110. The summed E-state index contributed by atoms with van der Waals surface area (Å²) < 4.78 is 40.1. The molecule has 0 radical (unpaired) electrons. The second kappa shape index (κ2) is 19.0. The highest BCUT2D eigenvalue weighted by Crippen LogP contribution is 2.21. The molecule has 10 N–H and O–H groups in total. The number of piperidine rings is 1. The lowest BCUT2D eigenvalue weighted by molar-refractivity contribution is -0.148. The number of hydrogen-bond donors (Lipinski definition) is 7. The Morgan fingerprint density at radius 2 is 1.45 bits per heavy atom. The van der Waals surface area contributed by atoms with Gasteiger partial charge in [-0.1, -0.05) is 74.4 Å². The molecule has 3 rings (SSSR count). The van der Waals surface area contributed by atoms with Crippen molar-refractivity contribution < 1.29 is 35.9 Å². The monoisotopic (exact) mass is 684 g/mol. The van der Waals surface area contributed by atoms with Crippen LogP contribution in [0.3, 0.4) is 0 Å². The number of hydrogen-bond acceptors (Lipinski definition) is 8. The number of likely N-dealkylation sites (tertiary alicyclic amines) is 1. The molecule has 2 aromatic rings. The number of amides is 4. The Morgan fingerprint density at radius 1 is 0.857 bits per heavy atom. The molecule has 0 spiro atoms. The number of nitrogens with one attached hydrogen (secondary N) is 3. The highest BCUT2D eigenvalue weighted by molar-refractivity contribution is 5.95. The lowest BCUT2D eigenvalue weighted by Gasteiger charge is -2.38. The summed E-state index contributed by atoms with van der Waals surface area (Å²) in [7, 11) is 0. The van der Waals surface area contributed by atoms with E-state index in [0.29, 0.717) is 24.9 Å². The van der Waals surface area contributed by atoms with Crippen LogP contribution in [-0.4, -0.2) is 88.9 Å². The highest BCUT2D eigenvalue weighted by Gasteiger charge is 2.40. The van der Waals surface area contributed by atoms with Crippen molar-refractivity contribution in [2.45, 2.75) is 94.9 Å². The number of benzene rings is 2. The maximum absolute atomic E-state index is 14.0. The van der Waals surface area contributed by atoms with Gasteiger partial charge in [0.1, 0.15) is 23.7 Å². The molecular formula is C36H53N7O6. The second-order valence-corrected chi connectivity index (χ2v) is 13.0. The third-order valence-electron chi connectivity index (χ3n) is 8.52. The number of carbonyl (C=O) groups excluding carboxylic acids is 4. The zero-order chi connectivity index (χ0) is 40.3. The predicted octanol–water partition coefficient (Wildman–Crippen LogP) is 0.833. The Hall–Kier alpha value is -4.33. The van der Waals surface area contributed by atoms with Crippen LogP contribution in [0.25, 0.3) is 0 Å². The van der Waals surface area contributed by atoms with Gasteiger partial charge >= 0.3 is 5.97 Å². The maximum atomic E-state index is 14.0. The summed E-state index contributed by atoms with van der Waals surface area (Å²) in [6.07, 6.45) is 1.24. The van der Waals surface area contributed by atoms with Crippen LogP contribution in [0.15, 0.2) is 60.5 Å². The third kappa shape index (κ3) is 12.3. The Morgan fingerprint density at radius 3 is 2.04 bits per heavy atom. The van der Waals surface area contributed by atoms with E-state index in [0.717, 1.165) is 0 Å². The summed E-state index contributed by atoms with van der Waals surface area (Å²) in [5.74, 6) is -3.79. The van der Waals surface area contributed by atoms with Gasteiger partial charge in [-0.3, -0.25) is 24.0 Å². The third-order valence-corrected chi connectivity index (χ3v) is 8.52. The van der Waals surface area contributed by atoms with Crippen LogP contribution in [0.1, 0.15) is 70.4 Å². The van der Waals surface area contributed by atoms with Gasteiger partial charge in [0.2, 0.25) is 23.6 Å². The fraction of sp³-hybridized carbons (Fsp3) is 0.528. The Labute approximate surface area is 295 Å². The summed E-state index contributed by atoms with van der Waals surface area (Å²) in [4.78, 5) is 68.1. The first-order valence-corrected chi connectivity index (χ1v) is 16.7. The van der Waals surface area contributed by atoms with Crippen LogP contribution in [0.5, 0.6) is 0 Å². The summed E-state index contributed by atoms with van der Waals surface area (Å²) in [6, 6.07) is 1.36.